The van der Waals surface area contributed by atoms with E-state index in [1.165, 1.54) is 6.92 Å². The number of amides is 1. The van der Waals surface area contributed by atoms with Gasteiger partial charge in [-0.15, -0.1) is 0 Å². The van der Waals surface area contributed by atoms with Crippen LogP contribution in [0.4, 0.5) is 0 Å². The predicted molar refractivity (Wildman–Crippen MR) is 83.6 cm³/mol. The van der Waals surface area contributed by atoms with E-state index in [9.17, 15) is 14.4 Å². The number of carbonyl (C=O) groups is 3. The molecule has 122 valence electrons. The highest BCUT2D eigenvalue weighted by Crippen LogP contribution is 2.23. The van der Waals surface area contributed by atoms with Crippen LogP contribution < -0.4 is 5.32 Å². The van der Waals surface area contributed by atoms with Crippen LogP contribution in [0.5, 0.6) is 0 Å². The smallest absolute Gasteiger partial charge is 0.306 e. The van der Waals surface area contributed by atoms with Crippen LogP contribution in [0.25, 0.3) is 11.0 Å². The number of rotatable bonds is 7. The molecule has 0 bridgehead atoms. The van der Waals surface area contributed by atoms with E-state index >= 15 is 0 Å². The van der Waals surface area contributed by atoms with E-state index in [0.29, 0.717) is 5.76 Å². The molecule has 1 aromatic carbocycles. The number of fused-ring (bicyclic) bond motifs is 1. The van der Waals surface area contributed by atoms with Crippen molar-refractivity contribution in [2.45, 2.75) is 32.7 Å². The molecule has 1 aromatic heterocycles. The van der Waals surface area contributed by atoms with Gasteiger partial charge >= 0.3 is 5.97 Å². The molecule has 0 saturated heterocycles. The van der Waals surface area contributed by atoms with Crippen LogP contribution in [0.15, 0.2) is 34.7 Å². The van der Waals surface area contributed by atoms with E-state index in [2.05, 4.69) is 5.32 Å². The van der Waals surface area contributed by atoms with Crippen molar-refractivity contribution < 1.29 is 23.5 Å². The summed E-state index contributed by atoms with van der Waals surface area (Å²) in [5.74, 6) is -0.451. The first-order chi connectivity index (χ1) is 11.0. The Bertz CT molecular complexity index is 686. The van der Waals surface area contributed by atoms with Gasteiger partial charge in [-0.05, 0) is 26.0 Å². The first-order valence-electron chi connectivity index (χ1n) is 7.38. The Morgan fingerprint density at radius 3 is 2.65 bits per heavy atom. The number of esters is 1. The third kappa shape index (κ3) is 4.95. The van der Waals surface area contributed by atoms with Crippen LogP contribution in [-0.2, 0) is 19.1 Å². The Hall–Kier alpha value is -2.63. The molecule has 0 radical (unpaired) electrons. The molecular formula is C17H19NO5. The summed E-state index contributed by atoms with van der Waals surface area (Å²) in [7, 11) is 0. The summed E-state index contributed by atoms with van der Waals surface area (Å²) in [6.45, 7) is 2.81. The van der Waals surface area contributed by atoms with Crippen LogP contribution in [0.2, 0.25) is 0 Å². The molecule has 0 aliphatic heterocycles. The Balaban J connectivity index is 1.82. The molecule has 0 aliphatic rings. The van der Waals surface area contributed by atoms with Gasteiger partial charge in [0.2, 0.25) is 0 Å². The van der Waals surface area contributed by atoms with Crippen LogP contribution >= 0.6 is 0 Å². The lowest BCUT2D eigenvalue weighted by atomic mass is 10.2. The van der Waals surface area contributed by atoms with Gasteiger partial charge in [0.1, 0.15) is 17.1 Å². The van der Waals surface area contributed by atoms with Gasteiger partial charge in [-0.2, -0.15) is 0 Å². The molecule has 1 amide bonds. The maximum Gasteiger partial charge on any atom is 0.306 e. The van der Waals surface area contributed by atoms with E-state index in [0.717, 1.165) is 11.0 Å². The number of benzene rings is 1. The van der Waals surface area contributed by atoms with E-state index in [4.69, 9.17) is 9.15 Å². The summed E-state index contributed by atoms with van der Waals surface area (Å²) >= 11 is 0. The van der Waals surface area contributed by atoms with Crippen molar-refractivity contribution in [3.8, 4) is 0 Å². The Labute approximate surface area is 133 Å². The molecule has 1 N–H and O–H groups in total. The van der Waals surface area contributed by atoms with Crippen molar-refractivity contribution in [3.05, 3.63) is 36.1 Å². The third-order valence-corrected chi connectivity index (χ3v) is 3.29. The first kappa shape index (κ1) is 16.7. The summed E-state index contributed by atoms with van der Waals surface area (Å²) in [6, 6.07) is 9.08. The largest absolute Gasteiger partial charge is 0.459 e. The minimum Gasteiger partial charge on any atom is -0.459 e. The summed E-state index contributed by atoms with van der Waals surface area (Å²) < 4.78 is 10.5. The second kappa shape index (κ2) is 7.58. The number of Topliss-reactive ketones (excluding diaryl/α,β-unsaturated/α-hetero) is 1. The highest BCUT2D eigenvalue weighted by molar-refractivity contribution is 5.84. The quantitative estimate of drug-likeness (QED) is 0.793. The van der Waals surface area contributed by atoms with Crippen LogP contribution in [0.1, 0.15) is 38.5 Å². The molecule has 6 nitrogen and oxygen atoms in total. The predicted octanol–water partition coefficient (Wildman–Crippen LogP) is 2.52. The number of hydrogen-bond acceptors (Lipinski definition) is 5. The van der Waals surface area contributed by atoms with E-state index in [-0.39, 0.29) is 31.3 Å². The van der Waals surface area contributed by atoms with Gasteiger partial charge in [0.15, 0.2) is 6.61 Å². The topological polar surface area (TPSA) is 85.6 Å². The fourth-order valence-corrected chi connectivity index (χ4v) is 2.07. The van der Waals surface area contributed by atoms with E-state index in [1.807, 2.05) is 30.3 Å². The van der Waals surface area contributed by atoms with Crippen LogP contribution in [0.3, 0.4) is 0 Å². The normalized spacial score (nSPS) is 11.9. The van der Waals surface area contributed by atoms with Crippen LogP contribution in [0, 0.1) is 0 Å². The number of nitrogens with one attached hydrogen (secondary N) is 1. The summed E-state index contributed by atoms with van der Waals surface area (Å²) in [5.41, 5.74) is 0.749. The van der Waals surface area contributed by atoms with E-state index < -0.39 is 11.9 Å². The number of furan rings is 1. The molecule has 1 heterocycles. The number of hydrogen-bond donors (Lipinski definition) is 1. The molecule has 6 heteroatoms. The Kier molecular flexibility index (Phi) is 5.51. The zero-order valence-electron chi connectivity index (χ0n) is 13.1. The Morgan fingerprint density at radius 1 is 1.22 bits per heavy atom. The lowest BCUT2D eigenvalue weighted by Crippen LogP contribution is -2.31. The summed E-state index contributed by atoms with van der Waals surface area (Å²) in [5, 5.41) is 3.66. The molecular weight excluding hydrogens is 298 g/mol. The van der Waals surface area contributed by atoms with E-state index in [1.54, 1.807) is 6.92 Å². The highest BCUT2D eigenvalue weighted by Gasteiger charge is 2.15. The molecule has 2 rings (SSSR count). The lowest BCUT2D eigenvalue weighted by Gasteiger charge is -2.11. The third-order valence-electron chi connectivity index (χ3n) is 3.29. The van der Waals surface area contributed by atoms with Crippen molar-refractivity contribution in [1.82, 2.24) is 5.32 Å². The summed E-state index contributed by atoms with van der Waals surface area (Å²) in [4.78, 5) is 33.9. The lowest BCUT2D eigenvalue weighted by molar-refractivity contribution is -0.149. The SMILES string of the molecule is CC(=O)CCC(=O)OCC(=O)N[C@H](C)c1cc2ccccc2o1. The van der Waals surface area contributed by atoms with Crippen molar-refractivity contribution in [3.63, 3.8) is 0 Å². The maximum atomic E-state index is 11.8. The molecule has 23 heavy (non-hydrogen) atoms. The van der Waals surface area contributed by atoms with Gasteiger partial charge in [-0.1, -0.05) is 18.2 Å². The monoisotopic (exact) mass is 317 g/mol. The van der Waals surface area contributed by atoms with Gasteiger partial charge in [0.25, 0.3) is 5.91 Å². The molecule has 0 unspecified atom stereocenters. The average molecular weight is 317 g/mol. The molecule has 0 spiro atoms. The molecule has 1 atom stereocenters. The number of para-hydroxylation sites is 1. The fraction of sp³-hybridized carbons (Fsp3) is 0.353. The van der Waals surface area contributed by atoms with Gasteiger partial charge in [0, 0.05) is 11.8 Å². The Morgan fingerprint density at radius 2 is 1.96 bits per heavy atom. The zero-order chi connectivity index (χ0) is 16.8. The van der Waals surface area contributed by atoms with Crippen molar-refractivity contribution in [2.75, 3.05) is 6.61 Å². The second-order valence-electron chi connectivity index (χ2n) is 5.34. The minimum atomic E-state index is -0.563. The molecule has 0 aliphatic carbocycles. The molecule has 0 fully saturated rings. The number of carbonyl (C=O) groups excluding carboxylic acids is 3. The van der Waals surface area contributed by atoms with Gasteiger partial charge in [-0.3, -0.25) is 9.59 Å². The standard InChI is InChI=1S/C17H19NO5/c1-11(19)7-8-17(21)22-10-16(20)18-12(2)15-9-13-5-3-4-6-14(13)23-15/h3-6,9,12H,7-8,10H2,1-2H3,(H,18,20)/t12-/m1/s1. The minimum absolute atomic E-state index is 0.0122. The number of ether oxygens (including phenoxy) is 1. The van der Waals surface area contributed by atoms with Crippen LogP contribution in [-0.4, -0.2) is 24.3 Å². The van der Waals surface area contributed by atoms with Crippen molar-refractivity contribution in [2.24, 2.45) is 0 Å². The van der Waals surface area contributed by atoms with Gasteiger partial charge in [0.05, 0.1) is 12.5 Å². The van der Waals surface area contributed by atoms with Crippen molar-refractivity contribution >= 4 is 28.6 Å². The van der Waals surface area contributed by atoms with Gasteiger partial charge < -0.3 is 19.3 Å². The van der Waals surface area contributed by atoms with Gasteiger partial charge in [-0.25, -0.2) is 0 Å². The fourth-order valence-electron chi connectivity index (χ4n) is 2.07. The summed E-state index contributed by atoms with van der Waals surface area (Å²) in [6.07, 6.45) is 0.109. The highest BCUT2D eigenvalue weighted by atomic mass is 16.5. The van der Waals surface area contributed by atoms with Crippen molar-refractivity contribution in [1.29, 1.82) is 0 Å². The first-order valence-corrected chi connectivity index (χ1v) is 7.38. The zero-order valence-corrected chi connectivity index (χ0v) is 13.1. The average Bonchev–Trinajstić information content (AvgIpc) is 2.95. The number of ketones is 1. The molecule has 2 aromatic rings. The maximum absolute atomic E-state index is 11.8. The molecule has 0 saturated carbocycles. The second-order valence-corrected chi connectivity index (χ2v) is 5.34.